The van der Waals surface area contributed by atoms with Gasteiger partial charge in [-0.3, -0.25) is 0 Å². The first-order valence-electron chi connectivity index (χ1n) is 8.25. The van der Waals surface area contributed by atoms with Gasteiger partial charge in [0.25, 0.3) is 0 Å². The Morgan fingerprint density at radius 1 is 1.00 bits per heavy atom. The number of ether oxygens (including phenoxy) is 1. The molecular weight excluding hydrogens is 222 g/mol. The molecule has 0 aliphatic heterocycles. The summed E-state index contributed by atoms with van der Waals surface area (Å²) in [6.07, 6.45) is 14.1. The highest BCUT2D eigenvalue weighted by molar-refractivity contribution is 4.80. The molecule has 106 valence electrons. The van der Waals surface area contributed by atoms with Crippen LogP contribution in [0.5, 0.6) is 0 Å². The number of rotatable bonds is 7. The first kappa shape index (κ1) is 14.3. The van der Waals surface area contributed by atoms with Crippen LogP contribution in [0.2, 0.25) is 0 Å². The quantitative estimate of drug-likeness (QED) is 0.695. The molecule has 0 spiro atoms. The molecule has 0 aromatic rings. The van der Waals surface area contributed by atoms with E-state index in [0.717, 1.165) is 19.1 Å². The van der Waals surface area contributed by atoms with E-state index in [2.05, 4.69) is 12.2 Å². The van der Waals surface area contributed by atoms with Gasteiger partial charge >= 0.3 is 0 Å². The second-order valence-electron chi connectivity index (χ2n) is 6.19. The summed E-state index contributed by atoms with van der Waals surface area (Å²) in [5.41, 5.74) is 0. The van der Waals surface area contributed by atoms with Crippen molar-refractivity contribution in [2.45, 2.75) is 83.3 Å². The van der Waals surface area contributed by atoms with Crippen LogP contribution >= 0.6 is 0 Å². The van der Waals surface area contributed by atoms with Gasteiger partial charge in [0.15, 0.2) is 0 Å². The zero-order valence-electron chi connectivity index (χ0n) is 12.1. The van der Waals surface area contributed by atoms with Gasteiger partial charge in [0.2, 0.25) is 0 Å². The van der Waals surface area contributed by atoms with Gasteiger partial charge < -0.3 is 10.1 Å². The average molecular weight is 253 g/mol. The molecule has 2 fully saturated rings. The largest absolute Gasteiger partial charge is 0.377 e. The summed E-state index contributed by atoms with van der Waals surface area (Å²) >= 11 is 0. The van der Waals surface area contributed by atoms with Crippen LogP contribution in [0.4, 0.5) is 0 Å². The molecule has 0 aromatic carbocycles. The van der Waals surface area contributed by atoms with Crippen molar-refractivity contribution in [1.29, 1.82) is 0 Å². The SMILES string of the molecule is CCCNC1CCCCCC1OCCC1CCC1. The molecule has 2 heteroatoms. The van der Waals surface area contributed by atoms with Crippen LogP contribution in [-0.2, 0) is 4.74 Å². The highest BCUT2D eigenvalue weighted by atomic mass is 16.5. The molecular formula is C16H31NO. The number of hydrogen-bond acceptors (Lipinski definition) is 2. The molecule has 2 saturated carbocycles. The zero-order chi connectivity index (χ0) is 12.6. The summed E-state index contributed by atoms with van der Waals surface area (Å²) in [6, 6.07) is 0.619. The minimum atomic E-state index is 0.485. The standard InChI is InChI=1S/C16H31NO/c1-2-12-17-15-9-4-3-5-10-16(15)18-13-11-14-7-6-8-14/h14-17H,2-13H2,1H3. The number of hydrogen-bond donors (Lipinski definition) is 1. The van der Waals surface area contributed by atoms with E-state index < -0.39 is 0 Å². The summed E-state index contributed by atoms with van der Waals surface area (Å²) < 4.78 is 6.22. The lowest BCUT2D eigenvalue weighted by Crippen LogP contribution is -2.41. The Morgan fingerprint density at radius 3 is 2.56 bits per heavy atom. The second-order valence-corrected chi connectivity index (χ2v) is 6.19. The van der Waals surface area contributed by atoms with E-state index >= 15 is 0 Å². The van der Waals surface area contributed by atoms with Crippen LogP contribution in [-0.4, -0.2) is 25.3 Å². The molecule has 2 aliphatic rings. The molecule has 0 aromatic heterocycles. The van der Waals surface area contributed by atoms with E-state index in [4.69, 9.17) is 4.74 Å². The summed E-state index contributed by atoms with van der Waals surface area (Å²) in [4.78, 5) is 0. The van der Waals surface area contributed by atoms with Gasteiger partial charge in [-0.25, -0.2) is 0 Å². The molecule has 0 bridgehead atoms. The van der Waals surface area contributed by atoms with Crippen molar-refractivity contribution in [2.75, 3.05) is 13.2 Å². The topological polar surface area (TPSA) is 21.3 Å². The van der Waals surface area contributed by atoms with Gasteiger partial charge in [-0.2, -0.15) is 0 Å². The van der Waals surface area contributed by atoms with Crippen LogP contribution < -0.4 is 5.32 Å². The highest BCUT2D eigenvalue weighted by Crippen LogP contribution is 2.30. The van der Waals surface area contributed by atoms with Crippen molar-refractivity contribution >= 4 is 0 Å². The lowest BCUT2D eigenvalue weighted by molar-refractivity contribution is 0.0106. The Hall–Kier alpha value is -0.0800. The van der Waals surface area contributed by atoms with Crippen molar-refractivity contribution in [3.8, 4) is 0 Å². The predicted molar refractivity (Wildman–Crippen MR) is 76.9 cm³/mol. The maximum atomic E-state index is 6.22. The Bertz CT molecular complexity index is 215. The van der Waals surface area contributed by atoms with Crippen molar-refractivity contribution < 1.29 is 4.74 Å². The van der Waals surface area contributed by atoms with Gasteiger partial charge in [-0.1, -0.05) is 45.4 Å². The smallest absolute Gasteiger partial charge is 0.0728 e. The second kappa shape index (κ2) is 8.16. The Morgan fingerprint density at radius 2 is 1.83 bits per heavy atom. The maximum Gasteiger partial charge on any atom is 0.0728 e. The van der Waals surface area contributed by atoms with Gasteiger partial charge in [0, 0.05) is 12.6 Å². The van der Waals surface area contributed by atoms with Crippen LogP contribution in [0.15, 0.2) is 0 Å². The summed E-state index contributed by atoms with van der Waals surface area (Å²) in [5, 5.41) is 3.70. The molecule has 0 radical (unpaired) electrons. The minimum Gasteiger partial charge on any atom is -0.377 e. The molecule has 0 amide bonds. The maximum absolute atomic E-state index is 6.22. The van der Waals surface area contributed by atoms with E-state index in [1.165, 1.54) is 64.2 Å². The first-order chi connectivity index (χ1) is 8.90. The molecule has 2 unspecified atom stereocenters. The normalized spacial score (nSPS) is 29.8. The summed E-state index contributed by atoms with van der Waals surface area (Å²) in [6.45, 7) is 4.39. The molecule has 2 aliphatic carbocycles. The fourth-order valence-corrected chi connectivity index (χ4v) is 3.20. The van der Waals surface area contributed by atoms with E-state index in [1.807, 2.05) is 0 Å². The zero-order valence-corrected chi connectivity index (χ0v) is 12.1. The van der Waals surface area contributed by atoms with Crippen molar-refractivity contribution in [2.24, 2.45) is 5.92 Å². The number of nitrogens with one attached hydrogen (secondary N) is 1. The third-order valence-corrected chi connectivity index (χ3v) is 4.69. The van der Waals surface area contributed by atoms with Crippen LogP contribution in [0.3, 0.4) is 0 Å². The Labute approximate surface area is 113 Å². The monoisotopic (exact) mass is 253 g/mol. The lowest BCUT2D eigenvalue weighted by atomic mass is 9.83. The molecule has 18 heavy (non-hydrogen) atoms. The van der Waals surface area contributed by atoms with E-state index in [-0.39, 0.29) is 0 Å². The van der Waals surface area contributed by atoms with Crippen molar-refractivity contribution in [1.82, 2.24) is 5.32 Å². The van der Waals surface area contributed by atoms with Crippen LogP contribution in [0.1, 0.15) is 71.1 Å². The third-order valence-electron chi connectivity index (χ3n) is 4.69. The molecule has 2 rings (SSSR count). The predicted octanol–water partition coefficient (Wildman–Crippen LogP) is 3.89. The van der Waals surface area contributed by atoms with Crippen LogP contribution in [0.25, 0.3) is 0 Å². The first-order valence-corrected chi connectivity index (χ1v) is 8.25. The molecule has 2 nitrogen and oxygen atoms in total. The van der Waals surface area contributed by atoms with Crippen molar-refractivity contribution in [3.63, 3.8) is 0 Å². The third kappa shape index (κ3) is 4.55. The van der Waals surface area contributed by atoms with Gasteiger partial charge in [0.1, 0.15) is 0 Å². The lowest BCUT2D eigenvalue weighted by Gasteiger charge is -2.29. The minimum absolute atomic E-state index is 0.485. The molecule has 2 atom stereocenters. The van der Waals surface area contributed by atoms with Crippen LogP contribution in [0, 0.1) is 5.92 Å². The van der Waals surface area contributed by atoms with E-state index in [9.17, 15) is 0 Å². The molecule has 0 heterocycles. The fourth-order valence-electron chi connectivity index (χ4n) is 3.20. The van der Waals surface area contributed by atoms with Gasteiger partial charge in [-0.05, 0) is 38.1 Å². The van der Waals surface area contributed by atoms with Crippen molar-refractivity contribution in [3.05, 3.63) is 0 Å². The van der Waals surface area contributed by atoms with Gasteiger partial charge in [0.05, 0.1) is 6.10 Å². The van der Waals surface area contributed by atoms with E-state index in [0.29, 0.717) is 12.1 Å². The van der Waals surface area contributed by atoms with Gasteiger partial charge in [-0.15, -0.1) is 0 Å². The highest BCUT2D eigenvalue weighted by Gasteiger charge is 2.24. The summed E-state index contributed by atoms with van der Waals surface area (Å²) in [7, 11) is 0. The molecule has 1 N–H and O–H groups in total. The van der Waals surface area contributed by atoms with E-state index in [1.54, 1.807) is 0 Å². The molecule has 0 saturated heterocycles. The fraction of sp³-hybridized carbons (Fsp3) is 1.00. The Balaban J connectivity index is 1.69. The Kier molecular flexibility index (Phi) is 6.50. The summed E-state index contributed by atoms with van der Waals surface area (Å²) in [5.74, 6) is 0.984. The average Bonchev–Trinajstić information content (AvgIpc) is 2.55.